The van der Waals surface area contributed by atoms with Crippen molar-refractivity contribution in [1.29, 1.82) is 0 Å². The quantitative estimate of drug-likeness (QED) is 0.853. The predicted molar refractivity (Wildman–Crippen MR) is 108 cm³/mol. The van der Waals surface area contributed by atoms with Gasteiger partial charge < -0.3 is 9.88 Å². The molecule has 27 heavy (non-hydrogen) atoms. The van der Waals surface area contributed by atoms with Gasteiger partial charge in [-0.1, -0.05) is 30.0 Å². The van der Waals surface area contributed by atoms with Gasteiger partial charge in [0.1, 0.15) is 5.82 Å². The molecule has 1 N–H and O–H groups in total. The highest BCUT2D eigenvalue weighted by Gasteiger charge is 2.30. The van der Waals surface area contributed by atoms with Gasteiger partial charge in [-0.2, -0.15) is 0 Å². The van der Waals surface area contributed by atoms with Crippen LogP contribution in [0, 0.1) is 11.8 Å². The van der Waals surface area contributed by atoms with Crippen LogP contribution < -0.4 is 0 Å². The van der Waals surface area contributed by atoms with E-state index in [0.29, 0.717) is 0 Å². The van der Waals surface area contributed by atoms with Crippen LogP contribution in [0.1, 0.15) is 30.8 Å². The third-order valence-electron chi connectivity index (χ3n) is 5.51. The first-order valence-electron chi connectivity index (χ1n) is 9.62. The molecule has 1 atom stereocenters. The van der Waals surface area contributed by atoms with Gasteiger partial charge >= 0.3 is 0 Å². The van der Waals surface area contributed by atoms with E-state index in [2.05, 4.69) is 62.6 Å². The molecule has 0 saturated carbocycles. The molecule has 2 aliphatic rings. The number of H-pyrrole nitrogens is 1. The summed E-state index contributed by atoms with van der Waals surface area (Å²) in [5, 5.41) is 0. The van der Waals surface area contributed by atoms with Crippen LogP contribution in [-0.2, 0) is 0 Å². The Balaban J connectivity index is 1.41. The first-order chi connectivity index (χ1) is 13.2. The third-order valence-corrected chi connectivity index (χ3v) is 5.51. The van der Waals surface area contributed by atoms with Crippen molar-refractivity contribution < 1.29 is 0 Å². The molecule has 0 bridgehead atoms. The summed E-state index contributed by atoms with van der Waals surface area (Å²) in [6, 6.07) is 10.5. The van der Waals surface area contributed by atoms with Crippen LogP contribution in [0.5, 0.6) is 0 Å². The highest BCUT2D eigenvalue weighted by atomic mass is 15.4. The lowest BCUT2D eigenvalue weighted by Crippen LogP contribution is -2.48. The van der Waals surface area contributed by atoms with Crippen LogP contribution in [-0.4, -0.2) is 64.6 Å². The molecule has 2 aliphatic heterocycles. The standard InChI is InChI=1S/C22H27N5/c1-18(22-23-11-12-24-22)27-16-20-15-26(14-10-21(20)25(2)17-27)13-6-9-19-7-4-3-5-8-19/h3-5,7-8,11-12,18H,10,13-17H2,1-2H3,(H,23,24). The van der Waals surface area contributed by atoms with Crippen molar-refractivity contribution in [1.82, 2.24) is 24.7 Å². The van der Waals surface area contributed by atoms with Gasteiger partial charge in [0.15, 0.2) is 0 Å². The van der Waals surface area contributed by atoms with E-state index < -0.39 is 0 Å². The van der Waals surface area contributed by atoms with E-state index in [0.717, 1.165) is 50.7 Å². The number of benzene rings is 1. The number of rotatable bonds is 3. The summed E-state index contributed by atoms with van der Waals surface area (Å²) >= 11 is 0. The van der Waals surface area contributed by atoms with E-state index in [1.807, 2.05) is 30.6 Å². The van der Waals surface area contributed by atoms with E-state index in [1.165, 1.54) is 11.3 Å². The minimum atomic E-state index is 0.282. The molecule has 5 nitrogen and oxygen atoms in total. The maximum atomic E-state index is 4.44. The van der Waals surface area contributed by atoms with Crippen molar-refractivity contribution in [3.05, 3.63) is 65.4 Å². The highest BCUT2D eigenvalue weighted by Crippen LogP contribution is 2.29. The van der Waals surface area contributed by atoms with Crippen LogP contribution in [0.4, 0.5) is 0 Å². The van der Waals surface area contributed by atoms with Gasteiger partial charge in [0, 0.05) is 56.8 Å². The molecule has 0 aliphatic carbocycles. The van der Waals surface area contributed by atoms with Crippen LogP contribution in [0.2, 0.25) is 0 Å². The molecule has 0 saturated heterocycles. The summed E-state index contributed by atoms with van der Waals surface area (Å²) < 4.78 is 0. The van der Waals surface area contributed by atoms with Crippen molar-refractivity contribution in [3.8, 4) is 11.8 Å². The molecule has 1 aromatic carbocycles. The number of aromatic amines is 1. The van der Waals surface area contributed by atoms with Crippen molar-refractivity contribution >= 4 is 0 Å². The molecule has 2 aromatic rings. The lowest BCUT2D eigenvalue weighted by molar-refractivity contribution is 0.107. The fourth-order valence-electron chi connectivity index (χ4n) is 3.98. The Morgan fingerprint density at radius 3 is 2.85 bits per heavy atom. The average Bonchev–Trinajstić information content (AvgIpc) is 3.23. The molecule has 5 heteroatoms. The molecule has 1 aromatic heterocycles. The topological polar surface area (TPSA) is 38.4 Å². The van der Waals surface area contributed by atoms with Crippen LogP contribution in [0.25, 0.3) is 0 Å². The Bertz CT molecular complexity index is 844. The molecule has 3 heterocycles. The normalized spacial score (nSPS) is 19.4. The second-order valence-electron chi connectivity index (χ2n) is 7.42. The fourth-order valence-corrected chi connectivity index (χ4v) is 3.98. The zero-order valence-corrected chi connectivity index (χ0v) is 16.2. The Hall–Kier alpha value is -2.55. The molecular formula is C22H27N5. The minimum absolute atomic E-state index is 0.282. The fraction of sp³-hybridized carbons (Fsp3) is 0.409. The van der Waals surface area contributed by atoms with Crippen molar-refractivity contribution in [2.45, 2.75) is 19.4 Å². The predicted octanol–water partition coefficient (Wildman–Crippen LogP) is 2.69. The highest BCUT2D eigenvalue weighted by molar-refractivity contribution is 5.34. The lowest BCUT2D eigenvalue weighted by Gasteiger charge is -2.44. The number of hydrogen-bond acceptors (Lipinski definition) is 4. The maximum absolute atomic E-state index is 4.44. The first-order valence-corrected chi connectivity index (χ1v) is 9.62. The van der Waals surface area contributed by atoms with Crippen LogP contribution in [0.3, 0.4) is 0 Å². The van der Waals surface area contributed by atoms with Gasteiger partial charge in [-0.25, -0.2) is 4.98 Å². The molecule has 1 unspecified atom stereocenters. The minimum Gasteiger partial charge on any atom is -0.365 e. The van der Waals surface area contributed by atoms with Gasteiger partial charge in [0.25, 0.3) is 0 Å². The summed E-state index contributed by atoms with van der Waals surface area (Å²) in [6.07, 6.45) is 4.84. The Kier molecular flexibility index (Phi) is 5.28. The first kappa shape index (κ1) is 17.8. The summed E-state index contributed by atoms with van der Waals surface area (Å²) in [7, 11) is 2.21. The van der Waals surface area contributed by atoms with Crippen molar-refractivity contribution in [2.24, 2.45) is 0 Å². The molecule has 0 radical (unpaired) electrons. The van der Waals surface area contributed by atoms with E-state index in [1.54, 1.807) is 0 Å². The smallest absolute Gasteiger partial charge is 0.123 e. The third kappa shape index (κ3) is 4.08. The summed E-state index contributed by atoms with van der Waals surface area (Å²) in [6.45, 7) is 7.09. The maximum Gasteiger partial charge on any atom is 0.123 e. The van der Waals surface area contributed by atoms with Crippen LogP contribution >= 0.6 is 0 Å². The molecular weight excluding hydrogens is 334 g/mol. The van der Waals surface area contributed by atoms with E-state index in [-0.39, 0.29) is 6.04 Å². The monoisotopic (exact) mass is 361 g/mol. The SMILES string of the molecule is CC(c1ncc[nH]1)N1CC2=C(CCN(CC#Cc3ccccc3)C2)N(C)C1. The largest absolute Gasteiger partial charge is 0.365 e. The number of hydrogen-bond donors (Lipinski definition) is 1. The van der Waals surface area contributed by atoms with Gasteiger partial charge in [-0.3, -0.25) is 9.80 Å². The van der Waals surface area contributed by atoms with E-state index in [4.69, 9.17) is 0 Å². The van der Waals surface area contributed by atoms with E-state index in [9.17, 15) is 0 Å². The van der Waals surface area contributed by atoms with Crippen LogP contribution in [0.15, 0.2) is 54.0 Å². The van der Waals surface area contributed by atoms with Crippen molar-refractivity contribution in [3.63, 3.8) is 0 Å². The second kappa shape index (κ2) is 7.99. The lowest BCUT2D eigenvalue weighted by atomic mass is 10.0. The van der Waals surface area contributed by atoms with E-state index >= 15 is 0 Å². The number of nitrogens with zero attached hydrogens (tertiary/aromatic N) is 4. The summed E-state index contributed by atoms with van der Waals surface area (Å²) in [4.78, 5) is 15.1. The Labute approximate surface area is 161 Å². The number of aromatic nitrogens is 2. The van der Waals surface area contributed by atoms with Gasteiger partial charge in [0.05, 0.1) is 19.3 Å². The zero-order chi connectivity index (χ0) is 18.6. The molecule has 0 amide bonds. The Morgan fingerprint density at radius 1 is 1.22 bits per heavy atom. The van der Waals surface area contributed by atoms with Crippen molar-refractivity contribution in [2.75, 3.05) is 39.9 Å². The molecule has 140 valence electrons. The second-order valence-corrected chi connectivity index (χ2v) is 7.42. The van der Waals surface area contributed by atoms with Gasteiger partial charge in [0.2, 0.25) is 0 Å². The summed E-state index contributed by atoms with van der Waals surface area (Å²) in [5.74, 6) is 7.66. The molecule has 4 rings (SSSR count). The number of imidazole rings is 1. The van der Waals surface area contributed by atoms with Gasteiger partial charge in [-0.15, -0.1) is 0 Å². The zero-order valence-electron chi connectivity index (χ0n) is 16.2. The number of nitrogens with one attached hydrogen (secondary N) is 1. The molecule has 0 spiro atoms. The Morgan fingerprint density at radius 2 is 2.07 bits per heavy atom. The average molecular weight is 361 g/mol. The summed E-state index contributed by atoms with van der Waals surface area (Å²) in [5.41, 5.74) is 4.13. The van der Waals surface area contributed by atoms with Gasteiger partial charge in [-0.05, 0) is 24.6 Å². The molecule has 0 fully saturated rings.